The summed E-state index contributed by atoms with van der Waals surface area (Å²) in [5, 5.41) is 20.2. The number of rotatable bonds is 5. The molecule has 0 saturated carbocycles. The van der Waals surface area contributed by atoms with Gasteiger partial charge in [0.1, 0.15) is 5.75 Å². The van der Waals surface area contributed by atoms with Crippen molar-refractivity contribution in [3.8, 4) is 5.75 Å². The summed E-state index contributed by atoms with van der Waals surface area (Å²) >= 11 is 0. The average molecular weight is 239 g/mol. The molecule has 0 heterocycles. The van der Waals surface area contributed by atoms with Crippen molar-refractivity contribution < 1.29 is 19.6 Å². The number of carbonyl (C=O) groups is 1. The third-order valence-electron chi connectivity index (χ3n) is 2.21. The molecule has 92 valence electrons. The summed E-state index contributed by atoms with van der Waals surface area (Å²) in [5.74, 6) is -0.617. The molecule has 0 saturated heterocycles. The van der Waals surface area contributed by atoms with Crippen LogP contribution in [0, 0.1) is 10.1 Å². The van der Waals surface area contributed by atoms with E-state index >= 15 is 0 Å². The van der Waals surface area contributed by atoms with Crippen molar-refractivity contribution in [1.29, 1.82) is 0 Å². The molecule has 1 N–H and O–H groups in total. The van der Waals surface area contributed by atoms with Crippen LogP contribution >= 0.6 is 0 Å². The minimum absolute atomic E-state index is 0.00620. The molecule has 17 heavy (non-hydrogen) atoms. The molecule has 0 radical (unpaired) electrons. The largest absolute Gasteiger partial charge is 0.507 e. The summed E-state index contributed by atoms with van der Waals surface area (Å²) in [4.78, 5) is 21.3. The van der Waals surface area contributed by atoms with Crippen LogP contribution in [0.25, 0.3) is 0 Å². The number of esters is 1. The van der Waals surface area contributed by atoms with E-state index < -0.39 is 10.9 Å². The van der Waals surface area contributed by atoms with Crippen LogP contribution in [0.4, 0.5) is 5.69 Å². The number of benzene rings is 1. The fourth-order valence-electron chi connectivity index (χ4n) is 1.45. The Balaban J connectivity index is 2.82. The number of nitro groups is 1. The molecule has 0 spiro atoms. The topological polar surface area (TPSA) is 89.7 Å². The zero-order chi connectivity index (χ0) is 12.8. The number of nitro benzene ring substituents is 1. The van der Waals surface area contributed by atoms with Crippen LogP contribution in [0.2, 0.25) is 0 Å². The molecule has 1 aromatic rings. The fraction of sp³-hybridized carbons (Fsp3) is 0.364. The number of phenols is 1. The van der Waals surface area contributed by atoms with Gasteiger partial charge in [-0.1, -0.05) is 6.07 Å². The predicted octanol–water partition coefficient (Wildman–Crippen LogP) is 1.80. The van der Waals surface area contributed by atoms with Crippen LogP contribution in [0.3, 0.4) is 0 Å². The standard InChI is InChI=1S/C11H13NO5/c1-2-17-11(14)7-6-8-9(12(15)16)4-3-5-10(8)13/h3-5,13H,2,6-7H2,1H3. The Morgan fingerprint density at radius 3 is 2.82 bits per heavy atom. The first-order valence-corrected chi connectivity index (χ1v) is 5.17. The van der Waals surface area contributed by atoms with Crippen molar-refractivity contribution in [1.82, 2.24) is 0 Å². The molecular formula is C11H13NO5. The number of aromatic hydroxyl groups is 1. The van der Waals surface area contributed by atoms with Crippen molar-refractivity contribution in [2.24, 2.45) is 0 Å². The molecule has 0 aromatic heterocycles. The summed E-state index contributed by atoms with van der Waals surface area (Å²) in [6, 6.07) is 4.04. The second-order valence-corrected chi connectivity index (χ2v) is 3.34. The SMILES string of the molecule is CCOC(=O)CCc1c(O)cccc1[N+](=O)[O-]. The van der Waals surface area contributed by atoms with Crippen LogP contribution in [0.5, 0.6) is 5.75 Å². The Hall–Kier alpha value is -2.11. The number of phenolic OH excluding ortho intramolecular Hbond substituents is 1. The second-order valence-electron chi connectivity index (χ2n) is 3.34. The molecule has 0 aliphatic heterocycles. The van der Waals surface area contributed by atoms with Gasteiger partial charge in [-0.3, -0.25) is 14.9 Å². The minimum Gasteiger partial charge on any atom is -0.507 e. The van der Waals surface area contributed by atoms with Gasteiger partial charge in [-0.15, -0.1) is 0 Å². The Kier molecular flexibility index (Phi) is 4.45. The van der Waals surface area contributed by atoms with E-state index in [1.165, 1.54) is 18.2 Å². The van der Waals surface area contributed by atoms with Gasteiger partial charge in [0, 0.05) is 12.5 Å². The second kappa shape index (κ2) is 5.83. The monoisotopic (exact) mass is 239 g/mol. The summed E-state index contributed by atoms with van der Waals surface area (Å²) < 4.78 is 4.71. The van der Waals surface area contributed by atoms with E-state index in [9.17, 15) is 20.0 Å². The van der Waals surface area contributed by atoms with Crippen LogP contribution in [-0.4, -0.2) is 22.6 Å². The maximum Gasteiger partial charge on any atom is 0.306 e. The Labute approximate surface area is 98.0 Å². The zero-order valence-corrected chi connectivity index (χ0v) is 9.38. The van der Waals surface area contributed by atoms with Crippen LogP contribution < -0.4 is 0 Å². The lowest BCUT2D eigenvalue weighted by Crippen LogP contribution is -2.06. The van der Waals surface area contributed by atoms with Gasteiger partial charge in [0.2, 0.25) is 0 Å². The van der Waals surface area contributed by atoms with Gasteiger partial charge in [0.15, 0.2) is 0 Å². The number of carbonyl (C=O) groups excluding carboxylic acids is 1. The lowest BCUT2D eigenvalue weighted by molar-refractivity contribution is -0.385. The Morgan fingerprint density at radius 2 is 2.24 bits per heavy atom. The molecule has 0 fully saturated rings. The quantitative estimate of drug-likeness (QED) is 0.480. The van der Waals surface area contributed by atoms with Gasteiger partial charge in [0.25, 0.3) is 5.69 Å². The van der Waals surface area contributed by atoms with E-state index in [1.54, 1.807) is 6.92 Å². The Bertz CT molecular complexity index is 430. The van der Waals surface area contributed by atoms with Crippen molar-refractivity contribution >= 4 is 11.7 Å². The molecule has 0 amide bonds. The van der Waals surface area contributed by atoms with Crippen molar-refractivity contribution in [3.05, 3.63) is 33.9 Å². The first-order valence-electron chi connectivity index (χ1n) is 5.17. The molecule has 0 bridgehead atoms. The lowest BCUT2D eigenvalue weighted by atomic mass is 10.1. The van der Waals surface area contributed by atoms with E-state index in [0.29, 0.717) is 0 Å². The van der Waals surface area contributed by atoms with Crippen molar-refractivity contribution in [2.45, 2.75) is 19.8 Å². The van der Waals surface area contributed by atoms with Crippen LogP contribution in [0.15, 0.2) is 18.2 Å². The van der Waals surface area contributed by atoms with Crippen LogP contribution in [0.1, 0.15) is 18.9 Å². The van der Waals surface area contributed by atoms with Gasteiger partial charge < -0.3 is 9.84 Å². The number of hydrogen-bond donors (Lipinski definition) is 1. The molecule has 1 aromatic carbocycles. The van der Waals surface area contributed by atoms with E-state index in [0.717, 1.165) is 0 Å². The third kappa shape index (κ3) is 3.44. The van der Waals surface area contributed by atoms with Gasteiger partial charge in [-0.05, 0) is 19.4 Å². The highest BCUT2D eigenvalue weighted by atomic mass is 16.6. The molecule has 0 atom stereocenters. The van der Waals surface area contributed by atoms with Crippen molar-refractivity contribution in [2.75, 3.05) is 6.61 Å². The normalized spacial score (nSPS) is 9.94. The molecule has 6 nitrogen and oxygen atoms in total. The molecule has 1 rings (SSSR count). The molecule has 0 aliphatic carbocycles. The van der Waals surface area contributed by atoms with Gasteiger partial charge in [-0.2, -0.15) is 0 Å². The third-order valence-corrected chi connectivity index (χ3v) is 2.21. The molecule has 0 aliphatic rings. The van der Waals surface area contributed by atoms with Gasteiger partial charge in [0.05, 0.1) is 17.1 Å². The van der Waals surface area contributed by atoms with E-state index in [2.05, 4.69) is 0 Å². The number of ether oxygens (including phenoxy) is 1. The van der Waals surface area contributed by atoms with E-state index in [4.69, 9.17) is 4.74 Å². The summed E-state index contributed by atoms with van der Waals surface area (Å²) in [6.45, 7) is 1.95. The summed E-state index contributed by atoms with van der Waals surface area (Å²) in [5.41, 5.74) is -0.0279. The molecular weight excluding hydrogens is 226 g/mol. The summed E-state index contributed by atoms with van der Waals surface area (Å²) in [6.07, 6.45) is 0.0913. The Morgan fingerprint density at radius 1 is 1.53 bits per heavy atom. The van der Waals surface area contributed by atoms with Gasteiger partial charge in [-0.25, -0.2) is 0 Å². The number of nitrogens with zero attached hydrogens (tertiary/aromatic N) is 1. The maximum atomic E-state index is 11.1. The maximum absolute atomic E-state index is 11.1. The smallest absolute Gasteiger partial charge is 0.306 e. The fourth-order valence-corrected chi connectivity index (χ4v) is 1.45. The van der Waals surface area contributed by atoms with E-state index in [-0.39, 0.29) is 36.4 Å². The van der Waals surface area contributed by atoms with Gasteiger partial charge >= 0.3 is 5.97 Å². The highest BCUT2D eigenvalue weighted by Crippen LogP contribution is 2.28. The summed E-state index contributed by atoms with van der Waals surface area (Å²) in [7, 11) is 0. The highest BCUT2D eigenvalue weighted by molar-refractivity contribution is 5.70. The minimum atomic E-state index is -0.583. The predicted molar refractivity (Wildman–Crippen MR) is 59.7 cm³/mol. The molecule has 6 heteroatoms. The first kappa shape index (κ1) is 13.0. The van der Waals surface area contributed by atoms with E-state index in [1.807, 2.05) is 0 Å². The zero-order valence-electron chi connectivity index (χ0n) is 9.38. The van der Waals surface area contributed by atoms with Crippen molar-refractivity contribution in [3.63, 3.8) is 0 Å². The van der Waals surface area contributed by atoms with Crippen LogP contribution in [-0.2, 0) is 16.0 Å². The average Bonchev–Trinajstić information content (AvgIpc) is 2.27. The number of hydrogen-bond acceptors (Lipinski definition) is 5. The molecule has 0 unspecified atom stereocenters. The first-order chi connectivity index (χ1) is 8.06. The lowest BCUT2D eigenvalue weighted by Gasteiger charge is -2.05. The highest BCUT2D eigenvalue weighted by Gasteiger charge is 2.18.